The van der Waals surface area contributed by atoms with Gasteiger partial charge in [-0.3, -0.25) is 15.1 Å². The van der Waals surface area contributed by atoms with Crippen molar-refractivity contribution in [2.45, 2.75) is 0 Å². The highest BCUT2D eigenvalue weighted by Gasteiger charge is 2.22. The third-order valence-electron chi connectivity index (χ3n) is 4.60. The number of aromatic nitrogens is 1. The van der Waals surface area contributed by atoms with Crippen molar-refractivity contribution < 1.29 is 23.2 Å². The van der Waals surface area contributed by atoms with E-state index in [1.54, 1.807) is 18.2 Å². The first-order valence-electron chi connectivity index (χ1n) is 8.96. The Hall–Kier alpha value is -3.98. The number of benzene rings is 3. The number of nitrogens with zero attached hydrogens (tertiary/aromatic N) is 3. The molecule has 3 aromatic carbocycles. The van der Waals surface area contributed by atoms with Crippen molar-refractivity contribution in [3.8, 4) is 23.0 Å². The number of aliphatic imine (C=N–C) groups is 1. The molecule has 0 saturated heterocycles. The van der Waals surface area contributed by atoms with Crippen molar-refractivity contribution in [2.24, 2.45) is 4.99 Å². The average molecular weight is 440 g/mol. The molecular weight excluding hydrogens is 429 g/mol. The summed E-state index contributed by atoms with van der Waals surface area (Å²) in [4.78, 5) is 19.6. The molecule has 5 rings (SSSR count). The van der Waals surface area contributed by atoms with E-state index in [2.05, 4.69) is 9.98 Å². The third-order valence-corrected chi connectivity index (χ3v) is 4.92. The van der Waals surface area contributed by atoms with Crippen molar-refractivity contribution in [3.05, 3.63) is 75.0 Å². The zero-order chi connectivity index (χ0) is 21.5. The van der Waals surface area contributed by atoms with Crippen LogP contribution in [-0.4, -0.2) is 22.9 Å². The SMILES string of the molecule is O=[N+]([O-])c1cc2c(cc1C=Nc1ccc3oc(-c4ccc(F)cc4Cl)nc3c1)OCO2. The molecule has 8 nitrogen and oxygen atoms in total. The number of fused-ring (bicyclic) bond motifs is 2. The molecule has 0 N–H and O–H groups in total. The molecule has 4 aromatic rings. The van der Waals surface area contributed by atoms with E-state index >= 15 is 0 Å². The van der Waals surface area contributed by atoms with Crippen molar-refractivity contribution in [3.63, 3.8) is 0 Å². The Labute approximate surface area is 178 Å². The van der Waals surface area contributed by atoms with Gasteiger partial charge in [0.25, 0.3) is 5.69 Å². The van der Waals surface area contributed by atoms with Crippen molar-refractivity contribution >= 4 is 40.3 Å². The van der Waals surface area contributed by atoms with Crippen LogP contribution in [0.25, 0.3) is 22.6 Å². The van der Waals surface area contributed by atoms with Crippen molar-refractivity contribution in [2.75, 3.05) is 6.79 Å². The fraction of sp³-hybridized carbons (Fsp3) is 0.0476. The first-order chi connectivity index (χ1) is 15.0. The zero-order valence-corrected chi connectivity index (χ0v) is 16.3. The summed E-state index contributed by atoms with van der Waals surface area (Å²) in [6.07, 6.45) is 1.37. The predicted octanol–water partition coefficient (Wildman–Crippen LogP) is 5.67. The minimum absolute atomic E-state index is 0.0102. The molecule has 1 aromatic heterocycles. The van der Waals surface area contributed by atoms with Gasteiger partial charge in [-0.15, -0.1) is 0 Å². The first kappa shape index (κ1) is 19.0. The average Bonchev–Trinajstić information content (AvgIpc) is 3.37. The molecule has 31 heavy (non-hydrogen) atoms. The van der Waals surface area contributed by atoms with Crippen LogP contribution in [0, 0.1) is 15.9 Å². The van der Waals surface area contributed by atoms with Gasteiger partial charge >= 0.3 is 0 Å². The lowest BCUT2D eigenvalue weighted by atomic mass is 10.1. The molecule has 0 bridgehead atoms. The molecule has 1 aliphatic heterocycles. The minimum Gasteiger partial charge on any atom is -0.454 e. The molecule has 0 saturated carbocycles. The fourth-order valence-corrected chi connectivity index (χ4v) is 3.37. The van der Waals surface area contributed by atoms with E-state index in [1.807, 2.05) is 0 Å². The summed E-state index contributed by atoms with van der Waals surface area (Å²) >= 11 is 6.08. The van der Waals surface area contributed by atoms with Gasteiger partial charge in [-0.2, -0.15) is 0 Å². The maximum atomic E-state index is 13.3. The summed E-state index contributed by atoms with van der Waals surface area (Å²) < 4.78 is 29.5. The lowest BCUT2D eigenvalue weighted by Crippen LogP contribution is -1.94. The topological polar surface area (TPSA) is 100.0 Å². The van der Waals surface area contributed by atoms with Gasteiger partial charge in [-0.05, 0) is 42.5 Å². The summed E-state index contributed by atoms with van der Waals surface area (Å²) in [5, 5.41) is 11.6. The van der Waals surface area contributed by atoms with Crippen molar-refractivity contribution in [1.82, 2.24) is 4.98 Å². The van der Waals surface area contributed by atoms with E-state index in [0.29, 0.717) is 33.8 Å². The summed E-state index contributed by atoms with van der Waals surface area (Å²) in [5.74, 6) is 0.520. The van der Waals surface area contributed by atoms with E-state index in [-0.39, 0.29) is 29.0 Å². The Bertz CT molecular complexity index is 1390. The summed E-state index contributed by atoms with van der Waals surface area (Å²) in [6, 6.07) is 11.8. The number of nitro groups is 1. The Morgan fingerprint density at radius 2 is 1.94 bits per heavy atom. The molecule has 154 valence electrons. The number of halogens is 2. The number of hydrogen-bond acceptors (Lipinski definition) is 7. The molecule has 0 atom stereocenters. The smallest absolute Gasteiger partial charge is 0.282 e. The second-order valence-electron chi connectivity index (χ2n) is 6.57. The Morgan fingerprint density at radius 1 is 1.13 bits per heavy atom. The molecular formula is C21H11ClFN3O5. The molecule has 0 amide bonds. The van der Waals surface area contributed by atoms with Gasteiger partial charge in [0.05, 0.1) is 32.8 Å². The molecule has 0 spiro atoms. The van der Waals surface area contributed by atoms with Gasteiger partial charge in [-0.1, -0.05) is 11.6 Å². The van der Waals surface area contributed by atoms with Gasteiger partial charge in [0.1, 0.15) is 11.3 Å². The van der Waals surface area contributed by atoms with Gasteiger partial charge in [0, 0.05) is 6.21 Å². The van der Waals surface area contributed by atoms with E-state index in [0.717, 1.165) is 0 Å². The van der Waals surface area contributed by atoms with Crippen LogP contribution in [0.2, 0.25) is 5.02 Å². The molecule has 0 fully saturated rings. The second-order valence-corrected chi connectivity index (χ2v) is 6.98. The maximum Gasteiger partial charge on any atom is 0.282 e. The summed E-state index contributed by atoms with van der Waals surface area (Å²) in [5.41, 5.74) is 2.08. The van der Waals surface area contributed by atoms with Crippen LogP contribution in [0.4, 0.5) is 15.8 Å². The van der Waals surface area contributed by atoms with E-state index < -0.39 is 10.7 Å². The van der Waals surface area contributed by atoms with Crippen LogP contribution in [-0.2, 0) is 0 Å². The normalized spacial score (nSPS) is 12.7. The van der Waals surface area contributed by atoms with E-state index in [1.165, 1.54) is 36.5 Å². The van der Waals surface area contributed by atoms with E-state index in [9.17, 15) is 14.5 Å². The van der Waals surface area contributed by atoms with Gasteiger partial charge in [0.2, 0.25) is 12.7 Å². The van der Waals surface area contributed by atoms with Crippen LogP contribution in [0.3, 0.4) is 0 Å². The lowest BCUT2D eigenvalue weighted by molar-refractivity contribution is -0.385. The van der Waals surface area contributed by atoms with Gasteiger partial charge < -0.3 is 13.9 Å². The number of oxazole rings is 1. The number of rotatable bonds is 4. The zero-order valence-electron chi connectivity index (χ0n) is 15.5. The second kappa shape index (κ2) is 7.37. The maximum absolute atomic E-state index is 13.3. The largest absolute Gasteiger partial charge is 0.454 e. The minimum atomic E-state index is -0.511. The van der Waals surface area contributed by atoms with E-state index in [4.69, 9.17) is 25.5 Å². The molecule has 2 heterocycles. The standard InChI is InChI=1S/C21H11ClFN3O5/c22-15-6-12(23)1-3-14(15)21-25-16-7-13(2-4-18(16)31-21)24-9-11-5-19-20(30-10-29-19)8-17(11)26(27)28/h1-9H,10H2. The highest BCUT2D eigenvalue weighted by Crippen LogP contribution is 2.37. The lowest BCUT2D eigenvalue weighted by Gasteiger charge is -2.00. The number of nitro benzene ring substituents is 1. The summed E-state index contributed by atoms with van der Waals surface area (Å²) in [6.45, 7) is 0.0102. The molecule has 1 aliphatic rings. The molecule has 0 aliphatic carbocycles. The predicted molar refractivity (Wildman–Crippen MR) is 111 cm³/mol. The Balaban J connectivity index is 1.49. The molecule has 10 heteroatoms. The quantitative estimate of drug-likeness (QED) is 0.230. The Morgan fingerprint density at radius 3 is 2.71 bits per heavy atom. The number of hydrogen-bond donors (Lipinski definition) is 0. The van der Waals surface area contributed by atoms with Gasteiger partial charge in [0.15, 0.2) is 17.1 Å². The van der Waals surface area contributed by atoms with Crippen LogP contribution >= 0.6 is 11.6 Å². The van der Waals surface area contributed by atoms with Gasteiger partial charge in [-0.25, -0.2) is 9.37 Å². The number of ether oxygens (including phenoxy) is 2. The van der Waals surface area contributed by atoms with Crippen LogP contribution < -0.4 is 9.47 Å². The van der Waals surface area contributed by atoms with Crippen molar-refractivity contribution in [1.29, 1.82) is 0 Å². The molecule has 0 unspecified atom stereocenters. The highest BCUT2D eigenvalue weighted by atomic mass is 35.5. The summed E-state index contributed by atoms with van der Waals surface area (Å²) in [7, 11) is 0. The van der Waals surface area contributed by atoms with Crippen LogP contribution in [0.5, 0.6) is 11.5 Å². The Kier molecular flexibility index (Phi) is 4.52. The fourth-order valence-electron chi connectivity index (χ4n) is 3.13. The molecule has 0 radical (unpaired) electrons. The third kappa shape index (κ3) is 3.55. The van der Waals surface area contributed by atoms with Crippen LogP contribution in [0.15, 0.2) is 57.9 Å². The monoisotopic (exact) mass is 439 g/mol. The van der Waals surface area contributed by atoms with Crippen LogP contribution in [0.1, 0.15) is 5.56 Å². The highest BCUT2D eigenvalue weighted by molar-refractivity contribution is 6.33. The first-order valence-corrected chi connectivity index (χ1v) is 9.34.